The third kappa shape index (κ3) is 3.95. The number of ether oxygens (including phenoxy) is 1. The highest BCUT2D eigenvalue weighted by atomic mass is 16.5. The zero-order chi connectivity index (χ0) is 17.0. The van der Waals surface area contributed by atoms with Crippen molar-refractivity contribution in [3.8, 4) is 0 Å². The van der Waals surface area contributed by atoms with E-state index in [9.17, 15) is 9.59 Å². The molecule has 0 saturated heterocycles. The Bertz CT molecular complexity index is 635. The second kappa shape index (κ2) is 7.36. The Morgan fingerprint density at radius 1 is 1.35 bits per heavy atom. The maximum atomic E-state index is 12.2. The monoisotopic (exact) mass is 321 g/mol. The molecule has 0 fully saturated rings. The maximum Gasteiger partial charge on any atom is 0.267 e. The first kappa shape index (κ1) is 17.1. The minimum absolute atomic E-state index is 0.0762. The van der Waals surface area contributed by atoms with Gasteiger partial charge in [-0.05, 0) is 13.8 Å². The smallest absolute Gasteiger partial charge is 0.267 e. The number of hydrogen-bond acceptors (Lipinski definition) is 5. The predicted molar refractivity (Wildman–Crippen MR) is 84.9 cm³/mol. The van der Waals surface area contributed by atoms with Crippen LogP contribution in [0.25, 0.3) is 0 Å². The van der Waals surface area contributed by atoms with Crippen LogP contribution in [0.1, 0.15) is 29.8 Å². The number of amides is 2. The standard InChI is InChI=1S/C15H23N5O3/c1-10-12(11(2)20(17-10)7-8-23-4)9-16-15(22)13-5-6-14(21)19(3)18-13/h5-9H2,1-4H3,(H,16,22). The Morgan fingerprint density at radius 3 is 2.74 bits per heavy atom. The molecule has 1 aliphatic heterocycles. The number of methoxy groups -OCH3 is 1. The predicted octanol–water partition coefficient (Wildman–Crippen LogP) is 0.371. The van der Waals surface area contributed by atoms with E-state index in [0.29, 0.717) is 38.2 Å². The molecule has 0 atom stereocenters. The molecule has 23 heavy (non-hydrogen) atoms. The van der Waals surface area contributed by atoms with E-state index in [-0.39, 0.29) is 11.8 Å². The second-order valence-electron chi connectivity index (χ2n) is 5.51. The van der Waals surface area contributed by atoms with Gasteiger partial charge in [-0.1, -0.05) is 0 Å². The topological polar surface area (TPSA) is 88.8 Å². The molecule has 0 aliphatic carbocycles. The van der Waals surface area contributed by atoms with Crippen molar-refractivity contribution in [3.05, 3.63) is 17.0 Å². The molecule has 0 radical (unpaired) electrons. The van der Waals surface area contributed by atoms with E-state index in [1.165, 1.54) is 5.01 Å². The van der Waals surface area contributed by atoms with Crippen molar-refractivity contribution in [3.63, 3.8) is 0 Å². The van der Waals surface area contributed by atoms with Gasteiger partial charge in [-0.25, -0.2) is 5.01 Å². The molecule has 0 unspecified atom stereocenters. The minimum Gasteiger partial charge on any atom is -0.383 e. The van der Waals surface area contributed by atoms with E-state index < -0.39 is 0 Å². The number of aromatic nitrogens is 2. The van der Waals surface area contributed by atoms with Crippen molar-refractivity contribution >= 4 is 17.5 Å². The van der Waals surface area contributed by atoms with Gasteiger partial charge in [0.15, 0.2) is 0 Å². The normalized spacial score (nSPS) is 14.9. The summed E-state index contributed by atoms with van der Waals surface area (Å²) in [5.41, 5.74) is 3.28. The van der Waals surface area contributed by atoms with Crippen LogP contribution in [0.2, 0.25) is 0 Å². The molecule has 1 aromatic heterocycles. The van der Waals surface area contributed by atoms with Gasteiger partial charge in [-0.2, -0.15) is 10.2 Å². The maximum absolute atomic E-state index is 12.2. The lowest BCUT2D eigenvalue weighted by Gasteiger charge is -2.18. The quantitative estimate of drug-likeness (QED) is 0.820. The Labute approximate surface area is 135 Å². The summed E-state index contributed by atoms with van der Waals surface area (Å²) in [6, 6.07) is 0. The van der Waals surface area contributed by atoms with Crippen molar-refractivity contribution in [1.29, 1.82) is 0 Å². The van der Waals surface area contributed by atoms with Crippen LogP contribution in [-0.2, 0) is 27.4 Å². The van der Waals surface area contributed by atoms with Crippen molar-refractivity contribution in [2.75, 3.05) is 20.8 Å². The van der Waals surface area contributed by atoms with Crippen LogP contribution < -0.4 is 5.32 Å². The fourth-order valence-electron chi connectivity index (χ4n) is 2.49. The van der Waals surface area contributed by atoms with Crippen LogP contribution in [0.15, 0.2) is 5.10 Å². The molecule has 126 valence electrons. The molecule has 0 spiro atoms. The average Bonchev–Trinajstić information content (AvgIpc) is 2.79. The van der Waals surface area contributed by atoms with Gasteiger partial charge in [0.05, 0.1) is 18.8 Å². The summed E-state index contributed by atoms with van der Waals surface area (Å²) in [7, 11) is 3.21. The molecular weight excluding hydrogens is 298 g/mol. The molecule has 0 saturated carbocycles. The lowest BCUT2D eigenvalue weighted by molar-refractivity contribution is -0.130. The molecule has 1 aromatic rings. The molecule has 2 rings (SSSR count). The lowest BCUT2D eigenvalue weighted by atomic mass is 10.1. The Morgan fingerprint density at radius 2 is 2.09 bits per heavy atom. The summed E-state index contributed by atoms with van der Waals surface area (Å²) in [5.74, 6) is -0.319. The van der Waals surface area contributed by atoms with Crippen LogP contribution >= 0.6 is 0 Å². The van der Waals surface area contributed by atoms with Crippen molar-refractivity contribution in [2.24, 2.45) is 5.10 Å². The molecule has 8 heteroatoms. The van der Waals surface area contributed by atoms with E-state index in [1.54, 1.807) is 14.2 Å². The first-order valence-electron chi connectivity index (χ1n) is 7.58. The van der Waals surface area contributed by atoms with Crippen LogP contribution in [-0.4, -0.2) is 53.1 Å². The first-order valence-corrected chi connectivity index (χ1v) is 7.58. The van der Waals surface area contributed by atoms with Crippen LogP contribution in [0, 0.1) is 13.8 Å². The number of carbonyl (C=O) groups excluding carboxylic acids is 2. The van der Waals surface area contributed by atoms with Gasteiger partial charge in [0, 0.05) is 44.8 Å². The van der Waals surface area contributed by atoms with Gasteiger partial charge in [-0.3, -0.25) is 14.3 Å². The number of nitrogens with zero attached hydrogens (tertiary/aromatic N) is 4. The Balaban J connectivity index is 2.01. The molecule has 0 aromatic carbocycles. The fourth-order valence-corrected chi connectivity index (χ4v) is 2.49. The van der Waals surface area contributed by atoms with E-state index in [1.807, 2.05) is 18.5 Å². The third-order valence-corrected chi connectivity index (χ3v) is 3.93. The molecule has 1 aliphatic rings. The first-order chi connectivity index (χ1) is 10.9. The summed E-state index contributed by atoms with van der Waals surface area (Å²) >= 11 is 0. The summed E-state index contributed by atoms with van der Waals surface area (Å²) in [6.45, 7) is 5.55. The number of nitrogens with one attached hydrogen (secondary N) is 1. The van der Waals surface area contributed by atoms with Crippen LogP contribution in [0.3, 0.4) is 0 Å². The van der Waals surface area contributed by atoms with Gasteiger partial charge < -0.3 is 10.1 Å². The number of hydrogen-bond donors (Lipinski definition) is 1. The molecule has 2 amide bonds. The highest BCUT2D eigenvalue weighted by Crippen LogP contribution is 2.13. The minimum atomic E-state index is -0.243. The van der Waals surface area contributed by atoms with Crippen LogP contribution in [0.5, 0.6) is 0 Å². The van der Waals surface area contributed by atoms with Crippen molar-refractivity contribution < 1.29 is 14.3 Å². The van der Waals surface area contributed by atoms with Crippen molar-refractivity contribution in [1.82, 2.24) is 20.1 Å². The molecule has 1 N–H and O–H groups in total. The molecule has 8 nitrogen and oxygen atoms in total. The Kier molecular flexibility index (Phi) is 5.49. The lowest BCUT2D eigenvalue weighted by Crippen LogP contribution is -2.37. The largest absolute Gasteiger partial charge is 0.383 e. The number of rotatable bonds is 6. The summed E-state index contributed by atoms with van der Waals surface area (Å²) in [6.07, 6.45) is 0.690. The molecule has 0 bridgehead atoms. The Hall–Kier alpha value is -2.22. The zero-order valence-corrected chi connectivity index (χ0v) is 14.0. The molecular formula is C15H23N5O3. The van der Waals surface area contributed by atoms with Gasteiger partial charge in [0.1, 0.15) is 5.71 Å². The third-order valence-electron chi connectivity index (χ3n) is 3.93. The van der Waals surface area contributed by atoms with Gasteiger partial charge in [-0.15, -0.1) is 0 Å². The van der Waals surface area contributed by atoms with E-state index in [2.05, 4.69) is 15.5 Å². The van der Waals surface area contributed by atoms with Gasteiger partial charge >= 0.3 is 0 Å². The highest BCUT2D eigenvalue weighted by molar-refractivity contribution is 6.39. The van der Waals surface area contributed by atoms with Crippen molar-refractivity contribution in [2.45, 2.75) is 39.8 Å². The highest BCUT2D eigenvalue weighted by Gasteiger charge is 2.22. The summed E-state index contributed by atoms with van der Waals surface area (Å²) in [4.78, 5) is 23.6. The van der Waals surface area contributed by atoms with Crippen LogP contribution in [0.4, 0.5) is 0 Å². The van der Waals surface area contributed by atoms with Gasteiger partial charge in [0.2, 0.25) is 5.91 Å². The number of carbonyl (C=O) groups is 2. The van der Waals surface area contributed by atoms with E-state index >= 15 is 0 Å². The van der Waals surface area contributed by atoms with E-state index in [4.69, 9.17) is 4.74 Å². The SMILES string of the molecule is COCCn1nc(C)c(CNC(=O)C2=NN(C)C(=O)CC2)c1C. The number of aryl methyl sites for hydroxylation is 1. The summed E-state index contributed by atoms with van der Waals surface area (Å²) in [5, 5.41) is 12.6. The van der Waals surface area contributed by atoms with Gasteiger partial charge in [0.25, 0.3) is 5.91 Å². The average molecular weight is 321 g/mol. The van der Waals surface area contributed by atoms with E-state index in [0.717, 1.165) is 17.0 Å². The zero-order valence-electron chi connectivity index (χ0n) is 14.0. The fraction of sp³-hybridized carbons (Fsp3) is 0.600. The molecule has 2 heterocycles. The summed E-state index contributed by atoms with van der Waals surface area (Å²) < 4.78 is 6.95. The second-order valence-corrected chi connectivity index (χ2v) is 5.51. The number of hydrazone groups is 1.